The van der Waals surface area contributed by atoms with Crippen molar-refractivity contribution >= 4 is 23.4 Å². The molecule has 2 rings (SSSR count). The normalized spacial score (nSPS) is 22.2. The Morgan fingerprint density at radius 3 is 3.13 bits per heavy atom. The highest BCUT2D eigenvalue weighted by Gasteiger charge is 2.24. The monoisotopic (exact) mass is 241 g/mol. The summed E-state index contributed by atoms with van der Waals surface area (Å²) >= 11 is 7.98. The van der Waals surface area contributed by atoms with Crippen molar-refractivity contribution in [2.75, 3.05) is 12.3 Å². The minimum Gasteiger partial charge on any atom is -0.330 e. The first-order valence-electron chi connectivity index (χ1n) is 5.34. The quantitative estimate of drug-likeness (QED) is 0.858. The van der Waals surface area contributed by atoms with E-state index in [0.29, 0.717) is 11.8 Å². The number of benzene rings is 1. The Morgan fingerprint density at radius 2 is 2.40 bits per heavy atom. The fourth-order valence-electron chi connectivity index (χ4n) is 2.15. The first kappa shape index (κ1) is 11.3. The van der Waals surface area contributed by atoms with Crippen LogP contribution in [-0.4, -0.2) is 12.3 Å². The molecule has 0 saturated heterocycles. The summed E-state index contributed by atoms with van der Waals surface area (Å²) < 4.78 is 0. The van der Waals surface area contributed by atoms with E-state index in [1.807, 2.05) is 17.8 Å². The van der Waals surface area contributed by atoms with Gasteiger partial charge in [-0.3, -0.25) is 0 Å². The molecule has 2 unspecified atom stereocenters. The Hall–Kier alpha value is -0.180. The van der Waals surface area contributed by atoms with Crippen molar-refractivity contribution < 1.29 is 0 Å². The molecule has 0 bridgehead atoms. The second kappa shape index (κ2) is 4.77. The van der Waals surface area contributed by atoms with Crippen molar-refractivity contribution in [2.24, 2.45) is 11.7 Å². The van der Waals surface area contributed by atoms with Crippen LogP contribution in [-0.2, 0) is 0 Å². The maximum Gasteiger partial charge on any atom is 0.0409 e. The smallest absolute Gasteiger partial charge is 0.0409 e. The molecule has 82 valence electrons. The average Bonchev–Trinajstić information content (AvgIpc) is 2.27. The van der Waals surface area contributed by atoms with Crippen LogP contribution in [0.25, 0.3) is 0 Å². The van der Waals surface area contributed by atoms with Gasteiger partial charge in [0.1, 0.15) is 0 Å². The Balaban J connectivity index is 2.36. The predicted octanol–water partition coefficient (Wildman–Crippen LogP) is 3.51. The van der Waals surface area contributed by atoms with Crippen LogP contribution in [0, 0.1) is 5.92 Å². The maximum absolute atomic E-state index is 6.05. The lowest BCUT2D eigenvalue weighted by atomic mass is 9.85. The molecule has 15 heavy (non-hydrogen) atoms. The van der Waals surface area contributed by atoms with E-state index in [2.05, 4.69) is 19.1 Å². The molecule has 0 fully saturated rings. The Morgan fingerprint density at radius 1 is 1.60 bits per heavy atom. The summed E-state index contributed by atoms with van der Waals surface area (Å²) in [5.41, 5.74) is 7.16. The number of hydrogen-bond donors (Lipinski definition) is 1. The maximum atomic E-state index is 6.05. The number of rotatable bonds is 2. The van der Waals surface area contributed by atoms with E-state index < -0.39 is 0 Å². The molecule has 2 N–H and O–H groups in total. The van der Waals surface area contributed by atoms with Gasteiger partial charge in [-0.2, -0.15) is 0 Å². The van der Waals surface area contributed by atoms with E-state index in [0.717, 1.165) is 11.6 Å². The van der Waals surface area contributed by atoms with E-state index in [9.17, 15) is 0 Å². The first-order valence-corrected chi connectivity index (χ1v) is 6.71. The van der Waals surface area contributed by atoms with Crippen molar-refractivity contribution in [1.29, 1.82) is 0 Å². The molecule has 0 radical (unpaired) electrons. The lowest BCUT2D eigenvalue weighted by molar-refractivity contribution is 0.450. The third-order valence-electron chi connectivity index (χ3n) is 3.12. The van der Waals surface area contributed by atoms with Gasteiger partial charge in [-0.15, -0.1) is 11.8 Å². The second-order valence-corrected chi connectivity index (χ2v) is 5.71. The number of nitrogens with two attached hydrogens (primary N) is 1. The van der Waals surface area contributed by atoms with Crippen LogP contribution in [0.3, 0.4) is 0 Å². The third-order valence-corrected chi connectivity index (χ3v) is 4.47. The highest BCUT2D eigenvalue weighted by Crippen LogP contribution is 2.41. The Labute approximate surface area is 100 Å². The molecular formula is C12H16ClNS. The number of fused-ring (bicyclic) bond motifs is 1. The topological polar surface area (TPSA) is 26.0 Å². The molecule has 0 amide bonds. The van der Waals surface area contributed by atoms with Gasteiger partial charge >= 0.3 is 0 Å². The largest absolute Gasteiger partial charge is 0.330 e. The number of halogens is 1. The highest BCUT2D eigenvalue weighted by atomic mass is 35.5. The van der Waals surface area contributed by atoms with Gasteiger partial charge in [0, 0.05) is 9.92 Å². The minimum atomic E-state index is 0.545. The van der Waals surface area contributed by atoms with E-state index in [4.69, 9.17) is 17.3 Å². The van der Waals surface area contributed by atoms with Gasteiger partial charge < -0.3 is 5.73 Å². The molecule has 1 aromatic carbocycles. The standard InChI is InChI=1S/C12H16ClNS/c1-8(7-14)10-4-5-15-12-3-2-9(13)6-11(10)12/h2-3,6,8,10H,4-5,7,14H2,1H3. The van der Waals surface area contributed by atoms with E-state index in [1.165, 1.54) is 22.6 Å². The summed E-state index contributed by atoms with van der Waals surface area (Å²) in [6.45, 7) is 2.98. The zero-order valence-electron chi connectivity index (χ0n) is 8.87. The zero-order valence-corrected chi connectivity index (χ0v) is 10.4. The fraction of sp³-hybridized carbons (Fsp3) is 0.500. The summed E-state index contributed by atoms with van der Waals surface area (Å²) in [5.74, 6) is 2.33. The molecule has 0 spiro atoms. The van der Waals surface area contributed by atoms with Crippen LogP contribution in [0.4, 0.5) is 0 Å². The molecule has 0 saturated carbocycles. The predicted molar refractivity (Wildman–Crippen MR) is 67.8 cm³/mol. The summed E-state index contributed by atoms with van der Waals surface area (Å²) in [7, 11) is 0. The van der Waals surface area contributed by atoms with Crippen LogP contribution in [0.2, 0.25) is 5.02 Å². The molecule has 1 aliphatic rings. The van der Waals surface area contributed by atoms with Gasteiger partial charge in [-0.25, -0.2) is 0 Å². The van der Waals surface area contributed by atoms with Crippen LogP contribution < -0.4 is 5.73 Å². The molecular weight excluding hydrogens is 226 g/mol. The molecule has 0 aliphatic carbocycles. The van der Waals surface area contributed by atoms with Gasteiger partial charge in [0.15, 0.2) is 0 Å². The minimum absolute atomic E-state index is 0.545. The highest BCUT2D eigenvalue weighted by molar-refractivity contribution is 7.99. The van der Waals surface area contributed by atoms with Crippen LogP contribution in [0.5, 0.6) is 0 Å². The van der Waals surface area contributed by atoms with Gasteiger partial charge in [-0.05, 0) is 54.3 Å². The van der Waals surface area contributed by atoms with Crippen molar-refractivity contribution in [1.82, 2.24) is 0 Å². The molecule has 1 aromatic rings. The summed E-state index contributed by atoms with van der Waals surface area (Å²) in [5, 5.41) is 0.838. The molecule has 2 atom stereocenters. The molecule has 3 heteroatoms. The number of hydrogen-bond acceptors (Lipinski definition) is 2. The summed E-state index contributed by atoms with van der Waals surface area (Å²) in [6, 6.07) is 6.22. The van der Waals surface area contributed by atoms with Crippen LogP contribution in [0.15, 0.2) is 23.1 Å². The van der Waals surface area contributed by atoms with Gasteiger partial charge in [-0.1, -0.05) is 18.5 Å². The van der Waals surface area contributed by atoms with Crippen molar-refractivity contribution in [2.45, 2.75) is 24.2 Å². The summed E-state index contributed by atoms with van der Waals surface area (Å²) in [6.07, 6.45) is 1.22. The molecule has 1 heterocycles. The van der Waals surface area contributed by atoms with E-state index >= 15 is 0 Å². The first-order chi connectivity index (χ1) is 7.22. The van der Waals surface area contributed by atoms with Crippen LogP contribution >= 0.6 is 23.4 Å². The lowest BCUT2D eigenvalue weighted by Gasteiger charge is -2.29. The molecule has 0 aromatic heterocycles. The SMILES string of the molecule is CC(CN)C1CCSc2ccc(Cl)cc21. The number of thioether (sulfide) groups is 1. The van der Waals surface area contributed by atoms with E-state index in [-0.39, 0.29) is 0 Å². The van der Waals surface area contributed by atoms with Crippen molar-refractivity contribution in [3.63, 3.8) is 0 Å². The molecule has 1 nitrogen and oxygen atoms in total. The molecule has 1 aliphatic heterocycles. The summed E-state index contributed by atoms with van der Waals surface area (Å²) in [4.78, 5) is 1.39. The fourth-order valence-corrected chi connectivity index (χ4v) is 3.46. The average molecular weight is 242 g/mol. The lowest BCUT2D eigenvalue weighted by Crippen LogP contribution is -2.22. The zero-order chi connectivity index (χ0) is 10.8. The van der Waals surface area contributed by atoms with E-state index in [1.54, 1.807) is 0 Å². The van der Waals surface area contributed by atoms with Gasteiger partial charge in [0.25, 0.3) is 0 Å². The Kier molecular flexibility index (Phi) is 3.60. The van der Waals surface area contributed by atoms with Crippen LogP contribution in [0.1, 0.15) is 24.8 Å². The second-order valence-electron chi connectivity index (χ2n) is 4.14. The third kappa shape index (κ3) is 2.32. The van der Waals surface area contributed by atoms with Crippen molar-refractivity contribution in [3.8, 4) is 0 Å². The van der Waals surface area contributed by atoms with Gasteiger partial charge in [0.2, 0.25) is 0 Å². The van der Waals surface area contributed by atoms with Crippen molar-refractivity contribution in [3.05, 3.63) is 28.8 Å². The Bertz CT molecular complexity index is 353. The van der Waals surface area contributed by atoms with Gasteiger partial charge in [0.05, 0.1) is 0 Å².